The minimum atomic E-state index is -4.95. The minimum Gasteiger partial charge on any atom is -0.462 e. The number of esters is 4. The van der Waals surface area contributed by atoms with Gasteiger partial charge in [-0.05, 0) is 37.5 Å². The SMILES string of the molecule is CCCCCCCCCCCCCCC(=O)O[C@H](COC(=O)CCCCCCCCCC)COP(=O)(O)OC[C@H](O)COP(=O)(O)OC[C@@H](COC(=O)CCCCCCCCCCCCC(C)CC)OC(=O)CCCCCCCCCCCCCCC(C)C. The molecular formula is C70H136O17P2. The number of aliphatic hydroxyl groups is 1. The van der Waals surface area contributed by atoms with Gasteiger partial charge in [-0.25, -0.2) is 9.13 Å². The molecule has 528 valence electrons. The largest absolute Gasteiger partial charge is 0.472 e. The zero-order valence-electron chi connectivity index (χ0n) is 57.7. The molecule has 0 heterocycles. The molecule has 0 aromatic heterocycles. The van der Waals surface area contributed by atoms with Crippen molar-refractivity contribution in [1.82, 2.24) is 0 Å². The van der Waals surface area contributed by atoms with E-state index in [2.05, 4.69) is 41.5 Å². The number of ether oxygens (including phenoxy) is 4. The summed E-state index contributed by atoms with van der Waals surface area (Å²) in [6.45, 7) is 9.56. The fraction of sp³-hybridized carbons (Fsp3) is 0.943. The van der Waals surface area contributed by atoms with Gasteiger partial charge in [0.1, 0.15) is 19.3 Å². The van der Waals surface area contributed by atoms with Gasteiger partial charge in [-0.3, -0.25) is 37.3 Å². The van der Waals surface area contributed by atoms with Crippen LogP contribution in [0.25, 0.3) is 0 Å². The van der Waals surface area contributed by atoms with E-state index in [0.717, 1.165) is 108 Å². The third kappa shape index (κ3) is 63.2. The number of hydrogen-bond acceptors (Lipinski definition) is 15. The summed E-state index contributed by atoms with van der Waals surface area (Å²) in [5.74, 6) is -0.539. The first-order chi connectivity index (χ1) is 42.9. The second-order valence-electron chi connectivity index (χ2n) is 26.0. The average Bonchev–Trinajstić information content (AvgIpc) is 3.67. The summed E-state index contributed by atoms with van der Waals surface area (Å²) < 4.78 is 68.2. The fourth-order valence-corrected chi connectivity index (χ4v) is 12.1. The standard InChI is InChI=1S/C70H136O17P2/c1-7-10-12-14-16-18-19-23-30-36-42-48-54-69(74)86-65(58-80-67(72)52-46-40-34-17-15-13-11-8-2)60-84-88(76,77)82-56-64(71)57-83-89(78,79)85-61-66(59-81-68(73)53-47-41-35-29-26-25-28-33-39-45-51-63(6)9-3)87-70(75)55-49-43-37-31-24-21-20-22-27-32-38-44-50-62(4)5/h62-66,71H,7-61H2,1-6H3,(H,76,77)(H,78,79)/t63?,64-,65+,66+/m0/s1. The van der Waals surface area contributed by atoms with Crippen molar-refractivity contribution in [1.29, 1.82) is 0 Å². The molecule has 0 aromatic carbocycles. The molecule has 0 aliphatic rings. The van der Waals surface area contributed by atoms with E-state index in [1.165, 1.54) is 167 Å². The lowest BCUT2D eigenvalue weighted by atomic mass is 9.99. The Bertz CT molecular complexity index is 1740. The summed E-state index contributed by atoms with van der Waals surface area (Å²) in [6, 6.07) is 0. The van der Waals surface area contributed by atoms with E-state index in [1.807, 2.05) is 0 Å². The van der Waals surface area contributed by atoms with Crippen molar-refractivity contribution in [3.8, 4) is 0 Å². The van der Waals surface area contributed by atoms with Gasteiger partial charge in [-0.2, -0.15) is 0 Å². The predicted octanol–water partition coefficient (Wildman–Crippen LogP) is 20.0. The molecule has 6 atom stereocenters. The van der Waals surface area contributed by atoms with Gasteiger partial charge in [-0.15, -0.1) is 0 Å². The smallest absolute Gasteiger partial charge is 0.462 e. The van der Waals surface area contributed by atoms with E-state index in [9.17, 15) is 43.2 Å². The molecule has 0 rings (SSSR count). The second-order valence-corrected chi connectivity index (χ2v) is 28.9. The van der Waals surface area contributed by atoms with Crippen molar-refractivity contribution in [3.05, 3.63) is 0 Å². The van der Waals surface area contributed by atoms with E-state index >= 15 is 0 Å². The van der Waals surface area contributed by atoms with Crippen LogP contribution < -0.4 is 0 Å². The van der Waals surface area contributed by atoms with Gasteiger partial charge >= 0.3 is 39.5 Å². The molecular weight excluding hydrogens is 1170 g/mol. The maximum Gasteiger partial charge on any atom is 0.472 e. The van der Waals surface area contributed by atoms with Gasteiger partial charge < -0.3 is 33.8 Å². The summed E-state index contributed by atoms with van der Waals surface area (Å²) in [5, 5.41) is 10.6. The van der Waals surface area contributed by atoms with E-state index in [-0.39, 0.29) is 25.7 Å². The highest BCUT2D eigenvalue weighted by molar-refractivity contribution is 7.47. The Kier molecular flexibility index (Phi) is 60.8. The molecule has 0 aliphatic carbocycles. The van der Waals surface area contributed by atoms with Crippen LogP contribution in [0.1, 0.15) is 356 Å². The van der Waals surface area contributed by atoms with Crippen molar-refractivity contribution >= 4 is 39.5 Å². The Morgan fingerprint density at radius 2 is 0.573 bits per heavy atom. The third-order valence-electron chi connectivity index (χ3n) is 16.6. The molecule has 0 radical (unpaired) electrons. The van der Waals surface area contributed by atoms with Crippen molar-refractivity contribution < 1.29 is 80.2 Å². The summed E-state index contributed by atoms with van der Waals surface area (Å²) in [6.07, 6.45) is 47.0. The Hall–Kier alpha value is -1.94. The van der Waals surface area contributed by atoms with Crippen LogP contribution in [0.4, 0.5) is 0 Å². The highest BCUT2D eigenvalue weighted by atomic mass is 31.2. The number of carbonyl (C=O) groups is 4. The van der Waals surface area contributed by atoms with Crippen molar-refractivity contribution in [2.75, 3.05) is 39.6 Å². The van der Waals surface area contributed by atoms with Gasteiger partial charge in [0.2, 0.25) is 0 Å². The maximum absolute atomic E-state index is 13.0. The molecule has 0 saturated carbocycles. The van der Waals surface area contributed by atoms with Crippen LogP contribution in [0.15, 0.2) is 0 Å². The van der Waals surface area contributed by atoms with Gasteiger partial charge in [0.05, 0.1) is 26.4 Å². The van der Waals surface area contributed by atoms with E-state index in [4.69, 9.17) is 37.0 Å². The van der Waals surface area contributed by atoms with Crippen LogP contribution >= 0.6 is 15.6 Å². The number of unbranched alkanes of at least 4 members (excludes halogenated alkanes) is 38. The van der Waals surface area contributed by atoms with Crippen molar-refractivity contribution in [2.45, 2.75) is 374 Å². The molecule has 0 aliphatic heterocycles. The Balaban J connectivity index is 5.23. The number of carbonyl (C=O) groups excluding carboxylic acids is 4. The normalized spacial score (nSPS) is 14.4. The molecule has 0 fully saturated rings. The molecule has 3 unspecified atom stereocenters. The van der Waals surface area contributed by atoms with Gasteiger partial charge in [0, 0.05) is 25.7 Å². The number of phosphoric acid groups is 2. The first-order valence-electron chi connectivity index (χ1n) is 36.5. The predicted molar refractivity (Wildman–Crippen MR) is 358 cm³/mol. The summed E-state index contributed by atoms with van der Waals surface area (Å²) in [5.41, 5.74) is 0. The van der Waals surface area contributed by atoms with Crippen LogP contribution in [0.3, 0.4) is 0 Å². The lowest BCUT2D eigenvalue weighted by molar-refractivity contribution is -0.161. The topological polar surface area (TPSA) is 237 Å². The van der Waals surface area contributed by atoms with E-state index < -0.39 is 97.5 Å². The van der Waals surface area contributed by atoms with Crippen LogP contribution in [0, 0.1) is 11.8 Å². The highest BCUT2D eigenvalue weighted by Gasteiger charge is 2.30. The number of rotatable bonds is 69. The Morgan fingerprint density at radius 3 is 0.854 bits per heavy atom. The molecule has 0 spiro atoms. The second kappa shape index (κ2) is 62.2. The molecule has 0 aromatic rings. The van der Waals surface area contributed by atoms with E-state index in [1.54, 1.807) is 0 Å². The lowest BCUT2D eigenvalue weighted by Crippen LogP contribution is -2.30. The maximum atomic E-state index is 13.0. The third-order valence-corrected chi connectivity index (χ3v) is 18.5. The van der Waals surface area contributed by atoms with Crippen molar-refractivity contribution in [3.63, 3.8) is 0 Å². The molecule has 19 heteroatoms. The van der Waals surface area contributed by atoms with Crippen LogP contribution in [0.5, 0.6) is 0 Å². The molecule has 17 nitrogen and oxygen atoms in total. The highest BCUT2D eigenvalue weighted by Crippen LogP contribution is 2.45. The summed E-state index contributed by atoms with van der Waals surface area (Å²) >= 11 is 0. The monoisotopic (exact) mass is 1310 g/mol. The molecule has 0 saturated heterocycles. The number of hydrogen-bond donors (Lipinski definition) is 3. The van der Waals surface area contributed by atoms with Crippen molar-refractivity contribution in [2.24, 2.45) is 11.8 Å². The quantitative estimate of drug-likeness (QED) is 0.0222. The molecule has 0 amide bonds. The van der Waals surface area contributed by atoms with Gasteiger partial charge in [0.15, 0.2) is 12.2 Å². The molecule has 0 bridgehead atoms. The molecule has 89 heavy (non-hydrogen) atoms. The van der Waals surface area contributed by atoms with Gasteiger partial charge in [-0.1, -0.05) is 305 Å². The zero-order valence-corrected chi connectivity index (χ0v) is 59.5. The van der Waals surface area contributed by atoms with E-state index in [0.29, 0.717) is 25.7 Å². The Labute approximate surface area is 543 Å². The first-order valence-corrected chi connectivity index (χ1v) is 39.5. The lowest BCUT2D eigenvalue weighted by Gasteiger charge is -2.21. The molecule has 3 N–H and O–H groups in total. The Morgan fingerprint density at radius 1 is 0.326 bits per heavy atom. The van der Waals surface area contributed by atoms with Crippen LogP contribution in [-0.4, -0.2) is 96.7 Å². The minimum absolute atomic E-state index is 0.107. The van der Waals surface area contributed by atoms with Gasteiger partial charge in [0.25, 0.3) is 0 Å². The first kappa shape index (κ1) is 87.1. The fourth-order valence-electron chi connectivity index (χ4n) is 10.6. The number of aliphatic hydroxyl groups excluding tert-OH is 1. The van der Waals surface area contributed by atoms with Crippen LogP contribution in [-0.2, 0) is 65.4 Å². The summed E-state index contributed by atoms with van der Waals surface area (Å²) in [7, 11) is -9.90. The summed E-state index contributed by atoms with van der Waals surface area (Å²) in [4.78, 5) is 72.5. The zero-order chi connectivity index (χ0) is 65.7. The number of phosphoric ester groups is 2. The average molecular weight is 1310 g/mol. The van der Waals surface area contributed by atoms with Crippen LogP contribution in [0.2, 0.25) is 0 Å².